The molecule has 1 saturated heterocycles. The lowest BCUT2D eigenvalue weighted by Gasteiger charge is -2.36. The fourth-order valence-corrected chi connectivity index (χ4v) is 3.81. The summed E-state index contributed by atoms with van der Waals surface area (Å²) in [6.45, 7) is 6.83. The standard InChI is InChI=1S/C20H33N7O/c1-2-21-19(24-12-9-18(28)25-17-7-4-3-5-8-17)26-13-15-27(16-14-26)20-22-10-6-11-23-20/h6,10-11,17H,2-5,7-9,12-16H2,1H3,(H,21,24)(H,25,28). The Morgan fingerprint density at radius 1 is 1.14 bits per heavy atom. The molecule has 0 bridgehead atoms. The van der Waals surface area contributed by atoms with E-state index in [1.165, 1.54) is 19.3 Å². The number of aliphatic imine (C=N–C) groups is 1. The molecule has 2 heterocycles. The van der Waals surface area contributed by atoms with Crippen molar-refractivity contribution in [2.24, 2.45) is 4.99 Å². The Morgan fingerprint density at radius 3 is 2.54 bits per heavy atom. The zero-order chi connectivity index (χ0) is 19.6. The number of hydrogen-bond donors (Lipinski definition) is 2. The van der Waals surface area contributed by atoms with Crippen molar-refractivity contribution in [2.75, 3.05) is 44.2 Å². The van der Waals surface area contributed by atoms with E-state index in [1.807, 2.05) is 6.07 Å². The van der Waals surface area contributed by atoms with Crippen molar-refractivity contribution in [3.05, 3.63) is 18.5 Å². The van der Waals surface area contributed by atoms with Crippen LogP contribution in [-0.2, 0) is 4.79 Å². The highest BCUT2D eigenvalue weighted by molar-refractivity contribution is 5.81. The molecule has 0 aromatic carbocycles. The number of nitrogens with one attached hydrogen (secondary N) is 2. The molecule has 1 aliphatic carbocycles. The molecule has 1 aliphatic heterocycles. The average Bonchev–Trinajstić information content (AvgIpc) is 2.75. The van der Waals surface area contributed by atoms with Crippen molar-refractivity contribution in [1.82, 2.24) is 25.5 Å². The Morgan fingerprint density at radius 2 is 1.86 bits per heavy atom. The molecule has 0 unspecified atom stereocenters. The molecular weight excluding hydrogens is 354 g/mol. The van der Waals surface area contributed by atoms with E-state index < -0.39 is 0 Å². The summed E-state index contributed by atoms with van der Waals surface area (Å²) in [6.07, 6.45) is 9.99. The second-order valence-electron chi connectivity index (χ2n) is 7.41. The Labute approximate surface area is 167 Å². The van der Waals surface area contributed by atoms with Crippen LogP contribution in [0.15, 0.2) is 23.5 Å². The van der Waals surface area contributed by atoms with Crippen LogP contribution in [0.1, 0.15) is 45.4 Å². The molecule has 8 nitrogen and oxygen atoms in total. The summed E-state index contributed by atoms with van der Waals surface area (Å²) in [5.74, 6) is 1.79. The van der Waals surface area contributed by atoms with Crippen LogP contribution in [0.25, 0.3) is 0 Å². The van der Waals surface area contributed by atoms with Gasteiger partial charge in [-0.1, -0.05) is 19.3 Å². The molecule has 1 saturated carbocycles. The molecule has 154 valence electrons. The summed E-state index contributed by atoms with van der Waals surface area (Å²) in [5.41, 5.74) is 0. The Balaban J connectivity index is 1.45. The van der Waals surface area contributed by atoms with E-state index in [-0.39, 0.29) is 5.91 Å². The third-order valence-corrected chi connectivity index (χ3v) is 5.32. The van der Waals surface area contributed by atoms with Gasteiger partial charge in [-0.25, -0.2) is 9.97 Å². The number of amides is 1. The fraction of sp³-hybridized carbons (Fsp3) is 0.700. The highest BCUT2D eigenvalue weighted by Crippen LogP contribution is 2.17. The predicted octanol–water partition coefficient (Wildman–Crippen LogP) is 1.40. The lowest BCUT2D eigenvalue weighted by molar-refractivity contribution is -0.121. The maximum atomic E-state index is 12.2. The van der Waals surface area contributed by atoms with Crippen molar-refractivity contribution in [1.29, 1.82) is 0 Å². The molecule has 0 atom stereocenters. The molecule has 0 spiro atoms. The number of piperazine rings is 1. The smallest absolute Gasteiger partial charge is 0.225 e. The van der Waals surface area contributed by atoms with Crippen LogP contribution in [-0.4, -0.2) is 72.0 Å². The second kappa shape index (κ2) is 10.8. The molecule has 8 heteroatoms. The van der Waals surface area contributed by atoms with Gasteiger partial charge in [-0.3, -0.25) is 9.79 Å². The van der Waals surface area contributed by atoms with Crippen LogP contribution in [0.3, 0.4) is 0 Å². The van der Waals surface area contributed by atoms with E-state index in [0.717, 1.165) is 57.5 Å². The Bertz CT molecular complexity index is 623. The van der Waals surface area contributed by atoms with E-state index in [0.29, 0.717) is 19.0 Å². The normalized spacial score (nSPS) is 18.8. The van der Waals surface area contributed by atoms with Gasteiger partial charge in [0.1, 0.15) is 0 Å². The van der Waals surface area contributed by atoms with Gasteiger partial charge in [-0.15, -0.1) is 0 Å². The monoisotopic (exact) mass is 387 g/mol. The van der Waals surface area contributed by atoms with Gasteiger partial charge < -0.3 is 20.4 Å². The number of aromatic nitrogens is 2. The van der Waals surface area contributed by atoms with Crippen LogP contribution in [0.4, 0.5) is 5.95 Å². The van der Waals surface area contributed by atoms with E-state index >= 15 is 0 Å². The summed E-state index contributed by atoms with van der Waals surface area (Å²) < 4.78 is 0. The number of anilines is 1. The van der Waals surface area contributed by atoms with Crippen LogP contribution in [0.2, 0.25) is 0 Å². The topological polar surface area (TPSA) is 85.8 Å². The van der Waals surface area contributed by atoms with Gasteiger partial charge in [-0.05, 0) is 25.8 Å². The third kappa shape index (κ3) is 6.07. The van der Waals surface area contributed by atoms with Crippen LogP contribution in [0, 0.1) is 0 Å². The summed E-state index contributed by atoms with van der Waals surface area (Å²) in [4.78, 5) is 30.0. The summed E-state index contributed by atoms with van der Waals surface area (Å²) in [5, 5.41) is 6.52. The lowest BCUT2D eigenvalue weighted by Crippen LogP contribution is -2.53. The molecule has 0 radical (unpaired) electrons. The summed E-state index contributed by atoms with van der Waals surface area (Å²) in [6, 6.07) is 2.20. The molecule has 3 rings (SSSR count). The fourth-order valence-electron chi connectivity index (χ4n) is 3.81. The first-order chi connectivity index (χ1) is 13.8. The summed E-state index contributed by atoms with van der Waals surface area (Å²) in [7, 11) is 0. The number of nitrogens with zero attached hydrogens (tertiary/aromatic N) is 5. The van der Waals surface area contributed by atoms with Crippen LogP contribution < -0.4 is 15.5 Å². The SMILES string of the molecule is CCNC(=NCCC(=O)NC1CCCCC1)N1CCN(c2ncccn2)CC1. The molecular formula is C20H33N7O. The maximum absolute atomic E-state index is 12.2. The minimum Gasteiger partial charge on any atom is -0.357 e. The number of rotatable bonds is 6. The van der Waals surface area contributed by atoms with Crippen LogP contribution >= 0.6 is 0 Å². The Hall–Kier alpha value is -2.38. The van der Waals surface area contributed by atoms with Crippen molar-refractivity contribution in [2.45, 2.75) is 51.5 Å². The molecule has 2 N–H and O–H groups in total. The quantitative estimate of drug-likeness (QED) is 0.567. The second-order valence-corrected chi connectivity index (χ2v) is 7.41. The predicted molar refractivity (Wildman–Crippen MR) is 111 cm³/mol. The Kier molecular flexibility index (Phi) is 7.87. The van der Waals surface area contributed by atoms with Gasteiger partial charge in [-0.2, -0.15) is 0 Å². The minimum absolute atomic E-state index is 0.123. The largest absolute Gasteiger partial charge is 0.357 e. The molecule has 1 aromatic heterocycles. The maximum Gasteiger partial charge on any atom is 0.225 e. The number of carbonyl (C=O) groups excluding carboxylic acids is 1. The van der Waals surface area contributed by atoms with Gasteiger partial charge in [0, 0.05) is 57.6 Å². The van der Waals surface area contributed by atoms with Gasteiger partial charge in [0.15, 0.2) is 5.96 Å². The zero-order valence-corrected chi connectivity index (χ0v) is 16.9. The molecule has 28 heavy (non-hydrogen) atoms. The third-order valence-electron chi connectivity index (χ3n) is 5.32. The van der Waals surface area contributed by atoms with Gasteiger partial charge >= 0.3 is 0 Å². The van der Waals surface area contributed by atoms with E-state index in [2.05, 4.69) is 42.3 Å². The molecule has 1 aromatic rings. The molecule has 2 fully saturated rings. The first-order valence-electron chi connectivity index (χ1n) is 10.6. The highest BCUT2D eigenvalue weighted by atomic mass is 16.1. The number of guanidine groups is 1. The van der Waals surface area contributed by atoms with E-state index in [4.69, 9.17) is 0 Å². The number of carbonyl (C=O) groups is 1. The van der Waals surface area contributed by atoms with Gasteiger partial charge in [0.05, 0.1) is 6.54 Å². The van der Waals surface area contributed by atoms with E-state index in [9.17, 15) is 4.79 Å². The van der Waals surface area contributed by atoms with Crippen LogP contribution in [0.5, 0.6) is 0 Å². The first kappa shape index (κ1) is 20.4. The first-order valence-corrected chi connectivity index (χ1v) is 10.6. The zero-order valence-electron chi connectivity index (χ0n) is 16.9. The summed E-state index contributed by atoms with van der Waals surface area (Å²) >= 11 is 0. The number of hydrogen-bond acceptors (Lipinski definition) is 5. The molecule has 2 aliphatic rings. The van der Waals surface area contributed by atoms with Gasteiger partial charge in [0.2, 0.25) is 11.9 Å². The minimum atomic E-state index is 0.123. The van der Waals surface area contributed by atoms with Crippen molar-refractivity contribution >= 4 is 17.8 Å². The van der Waals surface area contributed by atoms with Gasteiger partial charge in [0.25, 0.3) is 0 Å². The van der Waals surface area contributed by atoms with Crippen molar-refractivity contribution in [3.8, 4) is 0 Å². The molecule has 1 amide bonds. The highest BCUT2D eigenvalue weighted by Gasteiger charge is 2.21. The van der Waals surface area contributed by atoms with Crippen molar-refractivity contribution in [3.63, 3.8) is 0 Å². The van der Waals surface area contributed by atoms with Crippen molar-refractivity contribution < 1.29 is 4.79 Å². The lowest BCUT2D eigenvalue weighted by atomic mass is 9.95. The van der Waals surface area contributed by atoms with E-state index in [1.54, 1.807) is 12.4 Å². The average molecular weight is 388 g/mol.